The molecule has 8 heteroatoms. The molecule has 0 atom stereocenters. The van der Waals surface area contributed by atoms with Crippen LogP contribution in [0.25, 0.3) is 22.9 Å². The molecule has 0 radical (unpaired) electrons. The number of nitrogens with one attached hydrogen (secondary N) is 1. The van der Waals surface area contributed by atoms with E-state index in [0.717, 1.165) is 26.1 Å². The van der Waals surface area contributed by atoms with Crippen molar-refractivity contribution in [2.75, 3.05) is 26.4 Å². The quantitative estimate of drug-likeness (QED) is 0.641. The van der Waals surface area contributed by atoms with Crippen LogP contribution in [0.15, 0.2) is 52.9 Å². The van der Waals surface area contributed by atoms with Gasteiger partial charge in [0.25, 0.3) is 5.91 Å². The average molecular weight is 411 g/mol. The minimum Gasteiger partial charge on any atom is -0.484 e. The van der Waals surface area contributed by atoms with Crippen LogP contribution in [0, 0.1) is 11.7 Å². The van der Waals surface area contributed by atoms with Crippen LogP contribution in [0.5, 0.6) is 5.75 Å². The first-order valence-electron chi connectivity index (χ1n) is 9.84. The molecule has 0 saturated carbocycles. The van der Waals surface area contributed by atoms with Gasteiger partial charge in [-0.15, -0.1) is 10.2 Å². The van der Waals surface area contributed by atoms with E-state index >= 15 is 0 Å². The Kier molecular flexibility index (Phi) is 6.34. The van der Waals surface area contributed by atoms with Crippen LogP contribution in [0.2, 0.25) is 0 Å². The Morgan fingerprint density at radius 1 is 1.00 bits per heavy atom. The summed E-state index contributed by atoms with van der Waals surface area (Å²) in [5, 5.41) is 10.9. The van der Waals surface area contributed by atoms with Crippen molar-refractivity contribution in [2.45, 2.75) is 12.8 Å². The van der Waals surface area contributed by atoms with Crippen molar-refractivity contribution < 1.29 is 23.1 Å². The van der Waals surface area contributed by atoms with Crippen LogP contribution >= 0.6 is 0 Å². The van der Waals surface area contributed by atoms with Crippen LogP contribution in [-0.4, -0.2) is 42.5 Å². The number of aromatic nitrogens is 2. The van der Waals surface area contributed by atoms with Crippen molar-refractivity contribution in [3.63, 3.8) is 0 Å². The fourth-order valence-electron chi connectivity index (χ4n) is 3.15. The zero-order valence-corrected chi connectivity index (χ0v) is 16.3. The van der Waals surface area contributed by atoms with E-state index in [2.05, 4.69) is 15.5 Å². The third kappa shape index (κ3) is 5.21. The summed E-state index contributed by atoms with van der Waals surface area (Å²) in [6.07, 6.45) is 1.95. The van der Waals surface area contributed by atoms with Crippen molar-refractivity contribution in [1.82, 2.24) is 15.5 Å². The van der Waals surface area contributed by atoms with Crippen LogP contribution in [0.1, 0.15) is 12.8 Å². The van der Waals surface area contributed by atoms with Gasteiger partial charge in [-0.25, -0.2) is 4.39 Å². The zero-order valence-electron chi connectivity index (χ0n) is 16.3. The lowest BCUT2D eigenvalue weighted by Crippen LogP contribution is -2.35. The van der Waals surface area contributed by atoms with E-state index in [1.807, 2.05) is 0 Å². The van der Waals surface area contributed by atoms with Gasteiger partial charge in [-0.05, 0) is 67.3 Å². The topological polar surface area (TPSA) is 86.5 Å². The van der Waals surface area contributed by atoms with Crippen LogP contribution in [0.4, 0.5) is 4.39 Å². The number of hydrogen-bond donors (Lipinski definition) is 1. The summed E-state index contributed by atoms with van der Waals surface area (Å²) in [4.78, 5) is 12.0. The predicted molar refractivity (Wildman–Crippen MR) is 107 cm³/mol. The second-order valence-corrected chi connectivity index (χ2v) is 7.09. The minimum absolute atomic E-state index is 0.0438. The third-order valence-corrected chi connectivity index (χ3v) is 4.92. The fourth-order valence-corrected chi connectivity index (χ4v) is 3.15. The number of carbonyl (C=O) groups excluding carboxylic acids is 1. The van der Waals surface area contributed by atoms with Crippen LogP contribution in [-0.2, 0) is 9.53 Å². The molecule has 0 bridgehead atoms. The van der Waals surface area contributed by atoms with Gasteiger partial charge in [-0.1, -0.05) is 0 Å². The Hall–Kier alpha value is -3.26. The second kappa shape index (κ2) is 9.49. The van der Waals surface area contributed by atoms with Crippen molar-refractivity contribution in [3.05, 3.63) is 54.3 Å². The molecule has 30 heavy (non-hydrogen) atoms. The Morgan fingerprint density at radius 3 is 2.23 bits per heavy atom. The van der Waals surface area contributed by atoms with Gasteiger partial charge in [-0.2, -0.15) is 0 Å². The lowest BCUT2D eigenvalue weighted by molar-refractivity contribution is -0.123. The molecule has 1 aromatic heterocycles. The van der Waals surface area contributed by atoms with Crippen molar-refractivity contribution in [3.8, 4) is 28.7 Å². The van der Waals surface area contributed by atoms with E-state index in [1.54, 1.807) is 36.4 Å². The van der Waals surface area contributed by atoms with Gasteiger partial charge in [-0.3, -0.25) is 4.79 Å². The normalized spacial score (nSPS) is 14.4. The highest BCUT2D eigenvalue weighted by atomic mass is 19.1. The summed E-state index contributed by atoms with van der Waals surface area (Å²) in [6.45, 7) is 2.12. The zero-order chi connectivity index (χ0) is 20.8. The molecular formula is C22H22FN3O4. The van der Waals surface area contributed by atoms with Gasteiger partial charge >= 0.3 is 0 Å². The predicted octanol–water partition coefficient (Wildman–Crippen LogP) is 3.46. The number of ether oxygens (including phenoxy) is 2. The molecule has 156 valence electrons. The fraction of sp³-hybridized carbons (Fsp3) is 0.318. The Morgan fingerprint density at radius 2 is 1.60 bits per heavy atom. The minimum atomic E-state index is -0.327. The smallest absolute Gasteiger partial charge is 0.257 e. The molecule has 1 saturated heterocycles. The molecule has 3 aromatic rings. The van der Waals surface area contributed by atoms with E-state index in [0.29, 0.717) is 41.1 Å². The lowest BCUT2D eigenvalue weighted by atomic mass is 10.0. The average Bonchev–Trinajstić information content (AvgIpc) is 3.28. The summed E-state index contributed by atoms with van der Waals surface area (Å²) in [5.41, 5.74) is 1.36. The molecule has 1 aliphatic rings. The van der Waals surface area contributed by atoms with E-state index in [9.17, 15) is 9.18 Å². The molecule has 0 aliphatic carbocycles. The Bertz CT molecular complexity index is 967. The summed E-state index contributed by atoms with van der Waals surface area (Å²) < 4.78 is 29.6. The maximum absolute atomic E-state index is 13.0. The van der Waals surface area contributed by atoms with Gasteiger partial charge in [0, 0.05) is 30.9 Å². The number of nitrogens with zero attached hydrogens (tertiary/aromatic N) is 2. The van der Waals surface area contributed by atoms with E-state index in [-0.39, 0.29) is 18.3 Å². The monoisotopic (exact) mass is 411 g/mol. The van der Waals surface area contributed by atoms with Crippen LogP contribution < -0.4 is 10.1 Å². The molecular weight excluding hydrogens is 389 g/mol. The summed E-state index contributed by atoms with van der Waals surface area (Å²) in [5.74, 6) is 1.22. The van der Waals surface area contributed by atoms with Crippen LogP contribution in [0.3, 0.4) is 0 Å². The highest BCUT2D eigenvalue weighted by Gasteiger charge is 2.15. The number of carbonyl (C=O) groups is 1. The van der Waals surface area contributed by atoms with Gasteiger partial charge in [0.05, 0.1) is 0 Å². The highest BCUT2D eigenvalue weighted by Crippen LogP contribution is 2.25. The first kappa shape index (κ1) is 20.0. The maximum atomic E-state index is 13.0. The van der Waals surface area contributed by atoms with E-state index < -0.39 is 0 Å². The molecule has 2 heterocycles. The van der Waals surface area contributed by atoms with Crippen molar-refractivity contribution in [2.24, 2.45) is 5.92 Å². The standard InChI is InChI=1S/C22H22FN3O4/c23-18-5-1-16(2-6-18)21-25-26-22(30-21)17-3-7-19(8-4-17)29-14-20(27)24-13-15-9-11-28-12-10-15/h1-8,15H,9-14H2,(H,24,27). The first-order chi connectivity index (χ1) is 14.7. The SMILES string of the molecule is O=C(COc1ccc(-c2nnc(-c3ccc(F)cc3)o2)cc1)NCC1CCOCC1. The Labute approximate surface area is 173 Å². The number of hydrogen-bond acceptors (Lipinski definition) is 6. The number of halogens is 1. The molecule has 0 unspecified atom stereocenters. The van der Waals surface area contributed by atoms with Gasteiger partial charge in [0.15, 0.2) is 6.61 Å². The second-order valence-electron chi connectivity index (χ2n) is 7.09. The van der Waals surface area contributed by atoms with Crippen molar-refractivity contribution in [1.29, 1.82) is 0 Å². The third-order valence-electron chi connectivity index (χ3n) is 4.92. The molecule has 0 spiro atoms. The molecule has 2 aromatic carbocycles. The summed E-state index contributed by atoms with van der Waals surface area (Å²) >= 11 is 0. The molecule has 1 amide bonds. The molecule has 4 rings (SSSR count). The Balaban J connectivity index is 1.28. The maximum Gasteiger partial charge on any atom is 0.257 e. The molecule has 1 aliphatic heterocycles. The number of benzene rings is 2. The molecule has 7 nitrogen and oxygen atoms in total. The van der Waals surface area contributed by atoms with Gasteiger partial charge < -0.3 is 19.2 Å². The molecule has 1 fully saturated rings. The summed E-state index contributed by atoms with van der Waals surface area (Å²) in [6, 6.07) is 12.9. The summed E-state index contributed by atoms with van der Waals surface area (Å²) in [7, 11) is 0. The van der Waals surface area contributed by atoms with E-state index in [1.165, 1.54) is 12.1 Å². The van der Waals surface area contributed by atoms with Crippen molar-refractivity contribution >= 4 is 5.91 Å². The number of rotatable bonds is 7. The number of amides is 1. The lowest BCUT2D eigenvalue weighted by Gasteiger charge is -2.22. The molecule has 1 N–H and O–H groups in total. The van der Waals surface area contributed by atoms with E-state index in [4.69, 9.17) is 13.9 Å². The first-order valence-corrected chi connectivity index (χ1v) is 9.84. The van der Waals surface area contributed by atoms with Gasteiger partial charge in [0.2, 0.25) is 11.8 Å². The largest absolute Gasteiger partial charge is 0.484 e. The van der Waals surface area contributed by atoms with Gasteiger partial charge in [0.1, 0.15) is 11.6 Å². The highest BCUT2D eigenvalue weighted by molar-refractivity contribution is 5.77.